The lowest BCUT2D eigenvalue weighted by molar-refractivity contribution is -0.170. The summed E-state index contributed by atoms with van der Waals surface area (Å²) in [6.45, 7) is 3.55. The Bertz CT molecular complexity index is 263. The van der Waals surface area contributed by atoms with Crippen LogP contribution in [0, 0.1) is 5.41 Å². The Morgan fingerprint density at radius 2 is 1.73 bits per heavy atom. The molecule has 1 fully saturated rings. The smallest absolute Gasteiger partial charge is 0.310 e. The standard InChI is InChI=1S/C10H16O5/c1-6-3-10(9(13)14,5-8(11)12)4-7(2)15-6/h6-7H,3-5H2,1-2H3,(H,11,12)(H,13,14)/t6-,7+,10?. The van der Waals surface area contributed by atoms with Crippen molar-refractivity contribution in [3.63, 3.8) is 0 Å². The Balaban J connectivity index is 2.89. The van der Waals surface area contributed by atoms with Crippen molar-refractivity contribution in [3.8, 4) is 0 Å². The van der Waals surface area contributed by atoms with Gasteiger partial charge in [-0.05, 0) is 26.7 Å². The summed E-state index contributed by atoms with van der Waals surface area (Å²) in [7, 11) is 0. The normalized spacial score (nSPS) is 36.1. The first-order valence-corrected chi connectivity index (χ1v) is 4.96. The maximum atomic E-state index is 11.2. The minimum Gasteiger partial charge on any atom is -0.481 e. The van der Waals surface area contributed by atoms with Gasteiger partial charge in [0.1, 0.15) is 0 Å². The van der Waals surface area contributed by atoms with E-state index >= 15 is 0 Å². The van der Waals surface area contributed by atoms with Crippen LogP contribution in [0.4, 0.5) is 0 Å². The van der Waals surface area contributed by atoms with Crippen LogP contribution in [0.2, 0.25) is 0 Å². The van der Waals surface area contributed by atoms with Gasteiger partial charge in [0.2, 0.25) is 0 Å². The molecule has 0 aromatic carbocycles. The number of hydrogen-bond acceptors (Lipinski definition) is 3. The Labute approximate surface area is 88.0 Å². The predicted octanol–water partition coefficient (Wildman–Crippen LogP) is 1.12. The molecule has 86 valence electrons. The summed E-state index contributed by atoms with van der Waals surface area (Å²) >= 11 is 0. The van der Waals surface area contributed by atoms with Gasteiger partial charge in [0.25, 0.3) is 0 Å². The molecule has 1 unspecified atom stereocenters. The van der Waals surface area contributed by atoms with E-state index in [-0.39, 0.29) is 31.5 Å². The van der Waals surface area contributed by atoms with Crippen LogP contribution in [-0.4, -0.2) is 34.4 Å². The molecule has 0 spiro atoms. The van der Waals surface area contributed by atoms with Gasteiger partial charge in [-0.25, -0.2) is 0 Å². The summed E-state index contributed by atoms with van der Waals surface area (Å²) in [6.07, 6.45) is -0.216. The molecule has 0 saturated carbocycles. The molecular formula is C10H16O5. The lowest BCUT2D eigenvalue weighted by Gasteiger charge is -2.38. The van der Waals surface area contributed by atoms with E-state index in [0.29, 0.717) is 0 Å². The zero-order chi connectivity index (χ0) is 11.6. The van der Waals surface area contributed by atoms with Crippen LogP contribution in [-0.2, 0) is 14.3 Å². The second kappa shape index (κ2) is 4.18. The van der Waals surface area contributed by atoms with Crippen LogP contribution in [0.15, 0.2) is 0 Å². The van der Waals surface area contributed by atoms with Crippen molar-refractivity contribution >= 4 is 11.9 Å². The number of aliphatic carboxylic acids is 2. The molecule has 0 amide bonds. The molecule has 1 heterocycles. The van der Waals surface area contributed by atoms with Gasteiger partial charge < -0.3 is 14.9 Å². The molecule has 0 radical (unpaired) electrons. The second-order valence-corrected chi connectivity index (χ2v) is 4.32. The molecule has 5 nitrogen and oxygen atoms in total. The molecule has 1 aliphatic rings. The first-order chi connectivity index (χ1) is 6.85. The highest BCUT2D eigenvalue weighted by atomic mass is 16.5. The quantitative estimate of drug-likeness (QED) is 0.738. The van der Waals surface area contributed by atoms with Crippen molar-refractivity contribution in [2.45, 2.75) is 45.3 Å². The van der Waals surface area contributed by atoms with E-state index in [1.807, 2.05) is 0 Å². The summed E-state index contributed by atoms with van der Waals surface area (Å²) < 4.78 is 5.42. The molecule has 3 atom stereocenters. The van der Waals surface area contributed by atoms with Gasteiger partial charge in [0.15, 0.2) is 0 Å². The average Bonchev–Trinajstić information content (AvgIpc) is 1.99. The van der Waals surface area contributed by atoms with Crippen LogP contribution in [0.25, 0.3) is 0 Å². The van der Waals surface area contributed by atoms with Crippen LogP contribution in [0.5, 0.6) is 0 Å². The van der Waals surface area contributed by atoms with E-state index in [2.05, 4.69) is 0 Å². The lowest BCUT2D eigenvalue weighted by atomic mass is 9.73. The minimum absolute atomic E-state index is 0.204. The molecular weight excluding hydrogens is 200 g/mol. The molecule has 0 aromatic heterocycles. The fourth-order valence-corrected chi connectivity index (χ4v) is 2.36. The third kappa shape index (κ3) is 2.68. The van der Waals surface area contributed by atoms with Crippen LogP contribution in [0.1, 0.15) is 33.1 Å². The highest BCUT2D eigenvalue weighted by molar-refractivity contribution is 5.81. The SMILES string of the molecule is C[C@@H]1CC(CC(=O)O)(C(=O)O)C[C@H](C)O1. The largest absolute Gasteiger partial charge is 0.481 e. The first kappa shape index (κ1) is 12.0. The molecule has 1 rings (SSSR count). The number of carbonyl (C=O) groups is 2. The molecule has 0 aromatic rings. The van der Waals surface area contributed by atoms with Gasteiger partial charge in [-0.1, -0.05) is 0 Å². The third-order valence-electron chi connectivity index (χ3n) is 2.76. The number of hydrogen-bond donors (Lipinski definition) is 2. The number of ether oxygens (including phenoxy) is 1. The Morgan fingerprint density at radius 1 is 1.27 bits per heavy atom. The van der Waals surface area contributed by atoms with Gasteiger partial charge in [0.05, 0.1) is 24.0 Å². The van der Waals surface area contributed by atoms with Gasteiger partial charge in [-0.3, -0.25) is 9.59 Å². The summed E-state index contributed by atoms with van der Waals surface area (Å²) in [5.41, 5.74) is -1.16. The summed E-state index contributed by atoms with van der Waals surface area (Å²) in [6, 6.07) is 0. The summed E-state index contributed by atoms with van der Waals surface area (Å²) in [5, 5.41) is 17.9. The minimum atomic E-state index is -1.16. The van der Waals surface area contributed by atoms with E-state index in [1.54, 1.807) is 13.8 Å². The van der Waals surface area contributed by atoms with Crippen molar-refractivity contribution in [2.75, 3.05) is 0 Å². The van der Waals surface area contributed by atoms with E-state index < -0.39 is 17.4 Å². The van der Waals surface area contributed by atoms with Crippen LogP contribution >= 0.6 is 0 Å². The monoisotopic (exact) mass is 216 g/mol. The van der Waals surface area contributed by atoms with Crippen molar-refractivity contribution in [3.05, 3.63) is 0 Å². The van der Waals surface area contributed by atoms with Crippen molar-refractivity contribution < 1.29 is 24.5 Å². The van der Waals surface area contributed by atoms with E-state index in [0.717, 1.165) is 0 Å². The van der Waals surface area contributed by atoms with Gasteiger partial charge in [0, 0.05) is 0 Å². The van der Waals surface area contributed by atoms with Crippen LogP contribution in [0.3, 0.4) is 0 Å². The highest BCUT2D eigenvalue weighted by Gasteiger charge is 2.46. The Morgan fingerprint density at radius 3 is 2.07 bits per heavy atom. The Kier molecular flexibility index (Phi) is 3.34. The average molecular weight is 216 g/mol. The molecule has 2 N–H and O–H groups in total. The zero-order valence-electron chi connectivity index (χ0n) is 8.90. The molecule has 0 aliphatic carbocycles. The fourth-order valence-electron chi connectivity index (χ4n) is 2.36. The zero-order valence-corrected chi connectivity index (χ0v) is 8.90. The summed E-state index contributed by atoms with van der Waals surface area (Å²) in [5.74, 6) is -2.11. The summed E-state index contributed by atoms with van der Waals surface area (Å²) in [4.78, 5) is 21.9. The number of carboxylic acids is 2. The molecule has 1 saturated heterocycles. The molecule has 1 aliphatic heterocycles. The third-order valence-corrected chi connectivity index (χ3v) is 2.76. The first-order valence-electron chi connectivity index (χ1n) is 4.96. The van der Waals surface area contributed by atoms with Crippen molar-refractivity contribution in [1.82, 2.24) is 0 Å². The van der Waals surface area contributed by atoms with Gasteiger partial charge >= 0.3 is 11.9 Å². The predicted molar refractivity (Wildman–Crippen MR) is 51.6 cm³/mol. The van der Waals surface area contributed by atoms with E-state index in [9.17, 15) is 9.59 Å². The lowest BCUT2D eigenvalue weighted by Crippen LogP contribution is -2.44. The fraction of sp³-hybridized carbons (Fsp3) is 0.800. The highest BCUT2D eigenvalue weighted by Crippen LogP contribution is 2.39. The van der Waals surface area contributed by atoms with Crippen molar-refractivity contribution in [2.24, 2.45) is 5.41 Å². The number of carboxylic acid groups (broad SMARTS) is 2. The maximum absolute atomic E-state index is 11.2. The van der Waals surface area contributed by atoms with Crippen molar-refractivity contribution in [1.29, 1.82) is 0 Å². The van der Waals surface area contributed by atoms with E-state index in [1.165, 1.54) is 0 Å². The van der Waals surface area contributed by atoms with E-state index in [4.69, 9.17) is 14.9 Å². The molecule has 0 bridgehead atoms. The number of rotatable bonds is 3. The maximum Gasteiger partial charge on any atom is 0.310 e. The Hall–Kier alpha value is -1.10. The topological polar surface area (TPSA) is 83.8 Å². The molecule has 5 heteroatoms. The van der Waals surface area contributed by atoms with Gasteiger partial charge in [-0.15, -0.1) is 0 Å². The van der Waals surface area contributed by atoms with Crippen LogP contribution < -0.4 is 0 Å². The van der Waals surface area contributed by atoms with Gasteiger partial charge in [-0.2, -0.15) is 0 Å². The second-order valence-electron chi connectivity index (χ2n) is 4.32. The molecule has 15 heavy (non-hydrogen) atoms.